The fraction of sp³-hybridized carbons (Fsp3) is 0.353. The summed E-state index contributed by atoms with van der Waals surface area (Å²) in [5.41, 5.74) is 0.612. The molecule has 9 heteroatoms. The predicted molar refractivity (Wildman–Crippen MR) is 104 cm³/mol. The van der Waals surface area contributed by atoms with E-state index >= 15 is 0 Å². The Morgan fingerprint density at radius 3 is 2.58 bits per heavy atom. The number of nitrogens with one attached hydrogen (secondary N) is 2. The Bertz CT molecular complexity index is 676. The van der Waals surface area contributed by atoms with E-state index in [0.717, 1.165) is 5.76 Å². The zero-order valence-corrected chi connectivity index (χ0v) is 16.5. The zero-order chi connectivity index (χ0) is 18.1. The molecule has 2 aromatic rings. The summed E-state index contributed by atoms with van der Waals surface area (Å²) in [6.07, 6.45) is -2.07. The first-order valence-corrected chi connectivity index (χ1v) is 7.72. The quantitative estimate of drug-likeness (QED) is 0.358. The lowest BCUT2D eigenvalue weighted by Crippen LogP contribution is -2.37. The first-order chi connectivity index (χ1) is 12.0. The molecule has 26 heavy (non-hydrogen) atoms. The summed E-state index contributed by atoms with van der Waals surface area (Å²) in [6.45, 7) is -0.423. The molecule has 0 atom stereocenters. The molecule has 1 heterocycles. The van der Waals surface area contributed by atoms with Crippen LogP contribution >= 0.6 is 24.0 Å². The van der Waals surface area contributed by atoms with Crippen LogP contribution in [0.4, 0.5) is 13.2 Å². The van der Waals surface area contributed by atoms with Crippen LogP contribution in [0.1, 0.15) is 11.3 Å². The van der Waals surface area contributed by atoms with Crippen LogP contribution < -0.4 is 15.4 Å². The molecule has 0 unspecified atom stereocenters. The van der Waals surface area contributed by atoms with Crippen LogP contribution in [0.15, 0.2) is 52.1 Å². The molecule has 1 aromatic carbocycles. The van der Waals surface area contributed by atoms with Gasteiger partial charge in [0.1, 0.15) is 11.5 Å². The van der Waals surface area contributed by atoms with E-state index in [2.05, 4.69) is 15.6 Å². The lowest BCUT2D eigenvalue weighted by atomic mass is 10.2. The fourth-order valence-corrected chi connectivity index (χ4v) is 2.11. The first kappa shape index (κ1) is 22.1. The highest BCUT2D eigenvalue weighted by molar-refractivity contribution is 14.0. The van der Waals surface area contributed by atoms with Crippen molar-refractivity contribution in [2.75, 3.05) is 20.2 Å². The second-order valence-corrected chi connectivity index (χ2v) is 5.19. The number of hydrogen-bond donors (Lipinski definition) is 2. The summed E-state index contributed by atoms with van der Waals surface area (Å²) in [7, 11) is 1.62. The Morgan fingerprint density at radius 1 is 1.15 bits per heavy atom. The van der Waals surface area contributed by atoms with Crippen LogP contribution in [0.5, 0.6) is 5.75 Å². The summed E-state index contributed by atoms with van der Waals surface area (Å²) in [4.78, 5) is 4.08. The molecule has 0 bridgehead atoms. The van der Waals surface area contributed by atoms with Crippen LogP contribution in [0.2, 0.25) is 0 Å². The van der Waals surface area contributed by atoms with E-state index in [1.807, 2.05) is 12.1 Å². The number of ether oxygens (including phenoxy) is 1. The Morgan fingerprint density at radius 2 is 1.92 bits per heavy atom. The van der Waals surface area contributed by atoms with Gasteiger partial charge in [0.05, 0.1) is 6.26 Å². The van der Waals surface area contributed by atoms with Gasteiger partial charge in [0, 0.05) is 32.1 Å². The summed E-state index contributed by atoms with van der Waals surface area (Å²) in [5, 5.41) is 6.16. The Hall–Kier alpha value is -1.91. The van der Waals surface area contributed by atoms with Crippen molar-refractivity contribution in [3.8, 4) is 5.75 Å². The van der Waals surface area contributed by atoms with Crippen molar-refractivity contribution >= 4 is 29.9 Å². The summed E-state index contributed by atoms with van der Waals surface area (Å²) >= 11 is 0. The van der Waals surface area contributed by atoms with Gasteiger partial charge in [-0.05, 0) is 18.2 Å². The van der Waals surface area contributed by atoms with Gasteiger partial charge in [-0.1, -0.05) is 18.2 Å². The average molecular weight is 483 g/mol. The van der Waals surface area contributed by atoms with Crippen molar-refractivity contribution in [3.63, 3.8) is 0 Å². The molecule has 2 N–H and O–H groups in total. The minimum atomic E-state index is -4.37. The van der Waals surface area contributed by atoms with Gasteiger partial charge in [-0.3, -0.25) is 4.99 Å². The highest BCUT2D eigenvalue weighted by Gasteiger charge is 2.28. The summed E-state index contributed by atoms with van der Waals surface area (Å²) < 4.78 is 47.1. The van der Waals surface area contributed by atoms with E-state index in [9.17, 15) is 13.2 Å². The normalized spacial score (nSPS) is 11.6. The minimum absolute atomic E-state index is 0. The molecule has 0 spiro atoms. The van der Waals surface area contributed by atoms with Gasteiger partial charge < -0.3 is 19.8 Å². The first-order valence-electron chi connectivity index (χ1n) is 7.72. The predicted octanol–water partition coefficient (Wildman–Crippen LogP) is 3.75. The van der Waals surface area contributed by atoms with Crippen LogP contribution in [-0.2, 0) is 13.0 Å². The Balaban J connectivity index is 0.00000338. The van der Waals surface area contributed by atoms with Gasteiger partial charge in [0.2, 0.25) is 0 Å². The van der Waals surface area contributed by atoms with E-state index in [0.29, 0.717) is 24.5 Å². The van der Waals surface area contributed by atoms with E-state index < -0.39 is 12.8 Å². The number of alkyl halides is 3. The standard InChI is InChI=1S/C17H20F3N3O2.HI/c1-21-16(22-9-8-14-6-4-10-24-14)23-11-13-5-2-3-7-15(13)25-12-17(18,19)20;/h2-7,10H,8-9,11-12H2,1H3,(H2,21,22,23);1H. The van der Waals surface area contributed by atoms with Crippen molar-refractivity contribution in [3.05, 3.63) is 54.0 Å². The molecule has 5 nitrogen and oxygen atoms in total. The molecule has 0 fully saturated rings. The smallest absolute Gasteiger partial charge is 0.422 e. The number of benzene rings is 1. The molecule has 2 rings (SSSR count). The molecular formula is C17H21F3IN3O2. The third-order valence-corrected chi connectivity index (χ3v) is 3.28. The monoisotopic (exact) mass is 483 g/mol. The average Bonchev–Trinajstić information content (AvgIpc) is 3.09. The van der Waals surface area contributed by atoms with Crippen molar-refractivity contribution in [2.45, 2.75) is 19.1 Å². The maximum Gasteiger partial charge on any atom is 0.422 e. The second-order valence-electron chi connectivity index (χ2n) is 5.19. The molecule has 0 aliphatic rings. The molecule has 0 radical (unpaired) electrons. The highest BCUT2D eigenvalue weighted by atomic mass is 127. The third-order valence-electron chi connectivity index (χ3n) is 3.28. The van der Waals surface area contributed by atoms with Crippen LogP contribution in [0.3, 0.4) is 0 Å². The number of guanidine groups is 1. The molecule has 0 aliphatic heterocycles. The van der Waals surface area contributed by atoms with Gasteiger partial charge in [0.25, 0.3) is 0 Å². The number of rotatable bonds is 7. The largest absolute Gasteiger partial charge is 0.484 e. The summed E-state index contributed by atoms with van der Waals surface area (Å²) in [6, 6.07) is 10.3. The van der Waals surface area contributed by atoms with Gasteiger partial charge in [-0.15, -0.1) is 24.0 Å². The number of halogens is 4. The van der Waals surface area contributed by atoms with Gasteiger partial charge in [0.15, 0.2) is 12.6 Å². The minimum Gasteiger partial charge on any atom is -0.484 e. The van der Waals surface area contributed by atoms with Gasteiger partial charge in [-0.2, -0.15) is 13.2 Å². The van der Waals surface area contributed by atoms with Crippen LogP contribution in [0.25, 0.3) is 0 Å². The second kappa shape index (κ2) is 10.9. The highest BCUT2D eigenvalue weighted by Crippen LogP contribution is 2.22. The maximum absolute atomic E-state index is 12.3. The van der Waals surface area contributed by atoms with Gasteiger partial charge in [-0.25, -0.2) is 0 Å². The van der Waals surface area contributed by atoms with Crippen LogP contribution in [-0.4, -0.2) is 32.3 Å². The Kier molecular flexibility index (Phi) is 9.31. The van der Waals surface area contributed by atoms with Crippen LogP contribution in [0, 0.1) is 0 Å². The lowest BCUT2D eigenvalue weighted by molar-refractivity contribution is -0.153. The zero-order valence-electron chi connectivity index (χ0n) is 14.2. The fourth-order valence-electron chi connectivity index (χ4n) is 2.11. The number of nitrogens with zero attached hydrogens (tertiary/aromatic N) is 1. The SMILES string of the molecule is CN=C(NCCc1ccco1)NCc1ccccc1OCC(F)(F)F.I. The van der Waals surface area contributed by atoms with E-state index in [4.69, 9.17) is 9.15 Å². The van der Waals surface area contributed by atoms with Crippen molar-refractivity contribution < 1.29 is 22.3 Å². The van der Waals surface area contributed by atoms with Crippen molar-refractivity contribution in [1.29, 1.82) is 0 Å². The summed E-state index contributed by atoms with van der Waals surface area (Å²) in [5.74, 6) is 1.59. The van der Waals surface area contributed by atoms with Crippen molar-refractivity contribution in [2.24, 2.45) is 4.99 Å². The molecule has 0 aliphatic carbocycles. The van der Waals surface area contributed by atoms with Gasteiger partial charge >= 0.3 is 6.18 Å². The van der Waals surface area contributed by atoms with E-state index in [1.54, 1.807) is 31.5 Å². The number of furan rings is 1. The van der Waals surface area contributed by atoms with E-state index in [-0.39, 0.29) is 36.3 Å². The van der Waals surface area contributed by atoms with E-state index in [1.165, 1.54) is 6.07 Å². The maximum atomic E-state index is 12.3. The molecule has 0 amide bonds. The topological polar surface area (TPSA) is 58.8 Å². The lowest BCUT2D eigenvalue weighted by Gasteiger charge is -2.15. The molecule has 1 aromatic heterocycles. The third kappa shape index (κ3) is 7.98. The molecule has 0 saturated carbocycles. The number of hydrogen-bond acceptors (Lipinski definition) is 3. The molecule has 144 valence electrons. The van der Waals surface area contributed by atoms with Crippen molar-refractivity contribution in [1.82, 2.24) is 10.6 Å². The Labute approximate surface area is 167 Å². The number of aliphatic imine (C=N–C) groups is 1. The number of para-hydroxylation sites is 1. The molecular weight excluding hydrogens is 462 g/mol. The molecule has 0 saturated heterocycles.